The Labute approximate surface area is 118 Å². The number of morpholine rings is 1. The summed E-state index contributed by atoms with van der Waals surface area (Å²) >= 11 is 0. The van der Waals surface area contributed by atoms with Gasteiger partial charge in [0.25, 0.3) is 0 Å². The molecule has 20 heavy (non-hydrogen) atoms. The first-order valence-corrected chi connectivity index (χ1v) is 7.12. The lowest BCUT2D eigenvalue weighted by Gasteiger charge is -2.34. The lowest BCUT2D eigenvalue weighted by atomic mass is 9.99. The molecule has 104 valence electrons. The molecule has 0 aromatic carbocycles. The first kappa shape index (κ1) is 13.0. The lowest BCUT2D eigenvalue weighted by Crippen LogP contribution is -2.38. The normalized spacial score (nSPS) is 22.5. The molecule has 0 spiro atoms. The molecule has 1 unspecified atom stereocenters. The monoisotopic (exact) mass is 269 g/mol. The smallest absolute Gasteiger partial charge is 0.101 e. The summed E-state index contributed by atoms with van der Waals surface area (Å²) in [6.07, 6.45) is 9.22. The Morgan fingerprint density at radius 2 is 2.15 bits per heavy atom. The average Bonchev–Trinajstić information content (AvgIpc) is 2.86. The highest BCUT2D eigenvalue weighted by Gasteiger charge is 2.18. The summed E-state index contributed by atoms with van der Waals surface area (Å²) < 4.78 is 5.43. The van der Waals surface area contributed by atoms with Crippen LogP contribution in [0.3, 0.4) is 0 Å². The van der Waals surface area contributed by atoms with Gasteiger partial charge in [0.1, 0.15) is 6.07 Å². The minimum Gasteiger partial charge on any atom is -0.378 e. The van der Waals surface area contributed by atoms with E-state index in [0.717, 1.165) is 43.3 Å². The number of nitrogens with zero attached hydrogens (tertiary/aromatic N) is 2. The van der Waals surface area contributed by atoms with E-state index in [-0.39, 0.29) is 0 Å². The Hall–Kier alpha value is -1.99. The number of aromatic nitrogens is 1. The third-order valence-corrected chi connectivity index (χ3v) is 4.05. The topological polar surface area (TPSA) is 52.0 Å². The van der Waals surface area contributed by atoms with Crippen molar-refractivity contribution in [3.8, 4) is 6.07 Å². The van der Waals surface area contributed by atoms with Crippen molar-refractivity contribution in [2.75, 3.05) is 26.3 Å². The van der Waals surface area contributed by atoms with Gasteiger partial charge in [0.15, 0.2) is 0 Å². The van der Waals surface area contributed by atoms with E-state index in [1.54, 1.807) is 6.20 Å². The zero-order valence-electron chi connectivity index (χ0n) is 11.7. The number of allylic oxidation sites excluding steroid dienone is 2. The van der Waals surface area contributed by atoms with E-state index in [2.05, 4.69) is 41.1 Å². The number of hydrogen-bond acceptors (Lipinski definition) is 3. The first-order chi connectivity index (χ1) is 9.79. The van der Waals surface area contributed by atoms with E-state index in [0.29, 0.717) is 11.5 Å². The van der Waals surface area contributed by atoms with Crippen LogP contribution < -0.4 is 10.6 Å². The van der Waals surface area contributed by atoms with Crippen LogP contribution >= 0.6 is 0 Å². The second kappa shape index (κ2) is 5.56. The molecule has 1 atom stereocenters. The molecule has 1 fully saturated rings. The number of H-pyrrole nitrogens is 1. The molecule has 2 heterocycles. The highest BCUT2D eigenvalue weighted by atomic mass is 16.5. The summed E-state index contributed by atoms with van der Waals surface area (Å²) in [5.74, 6) is 0.478. The van der Waals surface area contributed by atoms with Gasteiger partial charge in [-0.3, -0.25) is 0 Å². The summed E-state index contributed by atoms with van der Waals surface area (Å²) in [7, 11) is 0. The van der Waals surface area contributed by atoms with Gasteiger partial charge in [-0.1, -0.05) is 13.0 Å². The van der Waals surface area contributed by atoms with Crippen LogP contribution in [-0.2, 0) is 4.74 Å². The molecule has 4 heteroatoms. The van der Waals surface area contributed by atoms with Crippen molar-refractivity contribution in [3.05, 3.63) is 34.1 Å². The second-order valence-electron chi connectivity index (χ2n) is 5.34. The summed E-state index contributed by atoms with van der Waals surface area (Å²) in [6.45, 7) is 5.76. The maximum Gasteiger partial charge on any atom is 0.101 e. The van der Waals surface area contributed by atoms with Crippen molar-refractivity contribution in [2.24, 2.45) is 5.92 Å². The first-order valence-electron chi connectivity index (χ1n) is 7.12. The van der Waals surface area contributed by atoms with Crippen LogP contribution in [0.15, 0.2) is 18.0 Å². The fraction of sp³-hybridized carbons (Fsp3) is 0.438. The van der Waals surface area contributed by atoms with Crippen molar-refractivity contribution in [2.45, 2.75) is 13.3 Å². The molecule has 1 aromatic rings. The number of rotatable bonds is 1. The molecular formula is C16H19N3O. The van der Waals surface area contributed by atoms with E-state index < -0.39 is 0 Å². The van der Waals surface area contributed by atoms with Crippen LogP contribution in [0.5, 0.6) is 0 Å². The van der Waals surface area contributed by atoms with Crippen molar-refractivity contribution in [3.63, 3.8) is 0 Å². The van der Waals surface area contributed by atoms with Crippen molar-refractivity contribution < 1.29 is 4.74 Å². The van der Waals surface area contributed by atoms with Gasteiger partial charge in [-0.15, -0.1) is 0 Å². The number of hydrogen-bond donors (Lipinski definition) is 1. The van der Waals surface area contributed by atoms with Gasteiger partial charge >= 0.3 is 0 Å². The van der Waals surface area contributed by atoms with Gasteiger partial charge in [-0.25, -0.2) is 0 Å². The van der Waals surface area contributed by atoms with E-state index in [9.17, 15) is 0 Å². The Balaban J connectivity index is 2.03. The molecular weight excluding hydrogens is 250 g/mol. The standard InChI is InChI=1S/C16H19N3O/c1-12-2-4-15-14(13(10-17)11-18-15)3-5-16(12)19-6-8-20-9-7-19/h3-5,11-12,18H,2,6-9H2,1H3. The van der Waals surface area contributed by atoms with Gasteiger partial charge in [-0.05, 0) is 24.5 Å². The Bertz CT molecular complexity index is 672. The molecule has 0 bridgehead atoms. The summed E-state index contributed by atoms with van der Waals surface area (Å²) in [5, 5.41) is 11.2. The lowest BCUT2D eigenvalue weighted by molar-refractivity contribution is 0.0493. The molecule has 1 aliphatic heterocycles. The third-order valence-electron chi connectivity index (χ3n) is 4.05. The molecule has 3 rings (SSSR count). The molecule has 0 saturated carbocycles. The van der Waals surface area contributed by atoms with Gasteiger partial charge in [0, 0.05) is 35.6 Å². The summed E-state index contributed by atoms with van der Waals surface area (Å²) in [6, 6.07) is 2.24. The zero-order valence-corrected chi connectivity index (χ0v) is 11.7. The third kappa shape index (κ3) is 2.37. The van der Waals surface area contributed by atoms with E-state index in [1.165, 1.54) is 5.70 Å². The van der Waals surface area contributed by atoms with E-state index in [4.69, 9.17) is 10.00 Å². The summed E-state index contributed by atoms with van der Waals surface area (Å²) in [4.78, 5) is 5.59. The van der Waals surface area contributed by atoms with Crippen LogP contribution in [0.1, 0.15) is 18.9 Å². The maximum absolute atomic E-state index is 9.16. The highest BCUT2D eigenvalue weighted by molar-refractivity contribution is 5.48. The van der Waals surface area contributed by atoms with Gasteiger partial charge in [0.2, 0.25) is 0 Å². The minimum atomic E-state index is 0.478. The molecule has 1 N–H and O–H groups in total. The average molecular weight is 269 g/mol. The Morgan fingerprint density at radius 3 is 2.90 bits per heavy atom. The summed E-state index contributed by atoms with van der Waals surface area (Å²) in [5.41, 5.74) is 2.06. The van der Waals surface area contributed by atoms with Crippen LogP contribution in [0.25, 0.3) is 12.2 Å². The van der Waals surface area contributed by atoms with Crippen LogP contribution in [0.4, 0.5) is 0 Å². The maximum atomic E-state index is 9.16. The fourth-order valence-electron chi connectivity index (χ4n) is 2.88. The van der Waals surface area contributed by atoms with Crippen LogP contribution in [0.2, 0.25) is 0 Å². The largest absolute Gasteiger partial charge is 0.378 e. The minimum absolute atomic E-state index is 0.478. The molecule has 1 aromatic heterocycles. The van der Waals surface area contributed by atoms with E-state index in [1.807, 2.05) is 0 Å². The molecule has 2 aliphatic rings. The highest BCUT2D eigenvalue weighted by Crippen LogP contribution is 2.21. The van der Waals surface area contributed by atoms with Gasteiger partial charge in [0.05, 0.1) is 18.8 Å². The van der Waals surface area contributed by atoms with Crippen LogP contribution in [0, 0.1) is 17.2 Å². The molecule has 0 amide bonds. The Morgan fingerprint density at radius 1 is 1.35 bits per heavy atom. The predicted molar refractivity (Wildman–Crippen MR) is 77.9 cm³/mol. The van der Waals surface area contributed by atoms with Crippen LogP contribution in [-0.4, -0.2) is 36.2 Å². The number of ether oxygens (including phenoxy) is 1. The molecule has 4 nitrogen and oxygen atoms in total. The van der Waals surface area contributed by atoms with Crippen molar-refractivity contribution in [1.82, 2.24) is 9.88 Å². The molecule has 0 radical (unpaired) electrons. The number of nitriles is 1. The molecule has 1 saturated heterocycles. The predicted octanol–water partition coefficient (Wildman–Crippen LogP) is 0.703. The van der Waals surface area contributed by atoms with Crippen molar-refractivity contribution in [1.29, 1.82) is 5.26 Å². The number of nitrogens with one attached hydrogen (secondary N) is 1. The Kier molecular flexibility index (Phi) is 3.62. The molecule has 1 aliphatic carbocycles. The van der Waals surface area contributed by atoms with Gasteiger partial charge in [-0.2, -0.15) is 5.26 Å². The number of aromatic amines is 1. The fourth-order valence-corrected chi connectivity index (χ4v) is 2.88. The quantitative estimate of drug-likeness (QED) is 0.816. The van der Waals surface area contributed by atoms with E-state index >= 15 is 0 Å². The second-order valence-corrected chi connectivity index (χ2v) is 5.34. The number of fused-ring (bicyclic) bond motifs is 1. The SMILES string of the molecule is CC1CC=c2[nH]cc(C#N)c2=CC=C1N1CCOCC1. The zero-order chi connectivity index (χ0) is 13.9. The van der Waals surface area contributed by atoms with Gasteiger partial charge < -0.3 is 14.6 Å². The van der Waals surface area contributed by atoms with Crippen molar-refractivity contribution >= 4 is 12.2 Å².